The van der Waals surface area contributed by atoms with Crippen molar-refractivity contribution in [3.05, 3.63) is 72.8 Å². The predicted molar refractivity (Wildman–Crippen MR) is 143 cm³/mol. The van der Waals surface area contributed by atoms with Gasteiger partial charge in [-0.1, -0.05) is 24.3 Å². The summed E-state index contributed by atoms with van der Waals surface area (Å²) in [7, 11) is 7.95. The molecule has 1 aliphatic heterocycles. The van der Waals surface area contributed by atoms with Gasteiger partial charge in [-0.2, -0.15) is 0 Å². The van der Waals surface area contributed by atoms with Gasteiger partial charge in [0.25, 0.3) is 0 Å². The Balaban J connectivity index is 1.76. The van der Waals surface area contributed by atoms with Crippen LogP contribution in [-0.2, 0) is 0 Å². The standard InChI is InChI=1S/C27H29N7O/c1-6-35-27-19-11-7-12-20(27)32(3)22-14-9-16-24(29-22)34(5)26-18-10-17-25(30-26)33(4)23-15-8-13-21(28-23)31(19)2/h7-18H,6H2,1-5H3. The van der Waals surface area contributed by atoms with E-state index in [9.17, 15) is 0 Å². The van der Waals surface area contributed by atoms with Crippen LogP contribution in [0.4, 0.5) is 46.3 Å². The Labute approximate surface area is 206 Å². The second-order valence-electron chi connectivity index (χ2n) is 8.36. The molecule has 0 N–H and O–H groups in total. The second kappa shape index (κ2) is 9.13. The van der Waals surface area contributed by atoms with Crippen LogP contribution in [0.3, 0.4) is 0 Å². The molecule has 0 spiro atoms. The maximum atomic E-state index is 6.20. The van der Waals surface area contributed by atoms with Crippen molar-refractivity contribution in [2.75, 3.05) is 54.4 Å². The summed E-state index contributed by atoms with van der Waals surface area (Å²) in [6.45, 7) is 2.54. The van der Waals surface area contributed by atoms with Crippen LogP contribution >= 0.6 is 0 Å². The number of pyridine rings is 3. The third-order valence-corrected chi connectivity index (χ3v) is 6.21. The number of rotatable bonds is 2. The molecule has 0 saturated carbocycles. The van der Waals surface area contributed by atoms with Gasteiger partial charge in [-0.3, -0.25) is 0 Å². The molecule has 0 amide bonds. The average molecular weight is 468 g/mol. The van der Waals surface area contributed by atoms with E-state index >= 15 is 0 Å². The van der Waals surface area contributed by atoms with Gasteiger partial charge in [-0.15, -0.1) is 0 Å². The lowest BCUT2D eigenvalue weighted by Gasteiger charge is -2.29. The summed E-state index contributed by atoms with van der Waals surface area (Å²) >= 11 is 0. The van der Waals surface area contributed by atoms with Crippen LogP contribution in [0.2, 0.25) is 0 Å². The van der Waals surface area contributed by atoms with E-state index in [1.165, 1.54) is 0 Å². The minimum absolute atomic E-state index is 0.540. The minimum atomic E-state index is 0.540. The first-order chi connectivity index (χ1) is 17.0. The van der Waals surface area contributed by atoms with Crippen LogP contribution in [0.5, 0.6) is 5.75 Å². The van der Waals surface area contributed by atoms with Gasteiger partial charge in [0.15, 0.2) is 5.75 Å². The number of aromatic nitrogens is 3. The fourth-order valence-electron chi connectivity index (χ4n) is 4.17. The molecule has 0 atom stereocenters. The largest absolute Gasteiger partial charge is 0.489 e. The SMILES string of the molecule is CCOc1c2cccc1N(C)c1cccc(n1)N(C)c1cccc(n1)N(C)c1cccc(n1)N2C. The molecule has 1 aromatic carbocycles. The van der Waals surface area contributed by atoms with Crippen molar-refractivity contribution in [2.24, 2.45) is 0 Å². The average Bonchev–Trinajstić information content (AvgIpc) is 2.91. The number of hydrogen-bond donors (Lipinski definition) is 0. The lowest BCUT2D eigenvalue weighted by Crippen LogP contribution is -2.20. The van der Waals surface area contributed by atoms with Crippen molar-refractivity contribution >= 4 is 46.3 Å². The molecule has 8 bridgehead atoms. The number of anilines is 8. The fraction of sp³-hybridized carbons (Fsp3) is 0.222. The Kier molecular flexibility index (Phi) is 5.86. The Bertz CT molecular complexity index is 1270. The highest BCUT2D eigenvalue weighted by Gasteiger charge is 2.21. The van der Waals surface area contributed by atoms with Crippen molar-refractivity contribution in [2.45, 2.75) is 6.92 Å². The molecule has 0 unspecified atom stereocenters. The van der Waals surface area contributed by atoms with Gasteiger partial charge in [0.2, 0.25) is 0 Å². The lowest BCUT2D eigenvalue weighted by atomic mass is 10.2. The molecule has 8 nitrogen and oxygen atoms in total. The van der Waals surface area contributed by atoms with Crippen molar-refractivity contribution in [3.63, 3.8) is 0 Å². The van der Waals surface area contributed by atoms with Crippen molar-refractivity contribution in [1.29, 1.82) is 0 Å². The monoisotopic (exact) mass is 467 g/mol. The maximum Gasteiger partial charge on any atom is 0.166 e. The summed E-state index contributed by atoms with van der Waals surface area (Å²) in [6, 6.07) is 24.1. The molecule has 1 aliphatic rings. The molecular weight excluding hydrogens is 438 g/mol. The first-order valence-electron chi connectivity index (χ1n) is 11.6. The zero-order valence-corrected chi connectivity index (χ0v) is 20.7. The van der Waals surface area contributed by atoms with E-state index in [-0.39, 0.29) is 0 Å². The first kappa shape index (κ1) is 22.5. The highest BCUT2D eigenvalue weighted by Crippen LogP contribution is 2.42. The van der Waals surface area contributed by atoms with Crippen LogP contribution in [-0.4, -0.2) is 49.7 Å². The Morgan fingerprint density at radius 2 is 0.829 bits per heavy atom. The quantitative estimate of drug-likeness (QED) is 0.375. The summed E-state index contributed by atoms with van der Waals surface area (Å²) in [5.41, 5.74) is 1.84. The molecule has 0 saturated heterocycles. The molecular formula is C27H29N7O. The van der Waals surface area contributed by atoms with E-state index in [4.69, 9.17) is 19.7 Å². The predicted octanol–water partition coefficient (Wildman–Crippen LogP) is 5.66. The summed E-state index contributed by atoms with van der Waals surface area (Å²) in [5.74, 6) is 5.55. The van der Waals surface area contributed by atoms with E-state index in [0.717, 1.165) is 52.0 Å². The van der Waals surface area contributed by atoms with Crippen molar-refractivity contribution in [1.82, 2.24) is 15.0 Å². The Morgan fingerprint density at radius 1 is 0.514 bits per heavy atom. The van der Waals surface area contributed by atoms with Crippen LogP contribution in [0.15, 0.2) is 72.8 Å². The third kappa shape index (κ3) is 4.07. The Hall–Kier alpha value is -4.33. The van der Waals surface area contributed by atoms with Gasteiger partial charge >= 0.3 is 0 Å². The van der Waals surface area contributed by atoms with E-state index in [1.54, 1.807) is 0 Å². The normalized spacial score (nSPS) is 13.2. The number of ether oxygens (including phenoxy) is 1. The summed E-state index contributed by atoms with van der Waals surface area (Å²) in [6.07, 6.45) is 0. The molecule has 4 aromatic rings. The van der Waals surface area contributed by atoms with Crippen molar-refractivity contribution in [3.8, 4) is 5.75 Å². The van der Waals surface area contributed by atoms with E-state index < -0.39 is 0 Å². The highest BCUT2D eigenvalue weighted by atomic mass is 16.5. The van der Waals surface area contributed by atoms with Gasteiger partial charge in [-0.05, 0) is 55.5 Å². The van der Waals surface area contributed by atoms with Crippen LogP contribution in [0, 0.1) is 0 Å². The van der Waals surface area contributed by atoms with Crippen molar-refractivity contribution < 1.29 is 4.74 Å². The first-order valence-corrected chi connectivity index (χ1v) is 11.6. The fourth-order valence-corrected chi connectivity index (χ4v) is 4.17. The van der Waals surface area contributed by atoms with Gasteiger partial charge in [0.05, 0.1) is 18.0 Å². The van der Waals surface area contributed by atoms with E-state index in [0.29, 0.717) is 6.61 Å². The molecule has 8 heteroatoms. The van der Waals surface area contributed by atoms with Gasteiger partial charge in [-0.25, -0.2) is 15.0 Å². The maximum absolute atomic E-state index is 6.20. The molecule has 4 heterocycles. The number of fused-ring (bicyclic) bond motifs is 8. The van der Waals surface area contributed by atoms with E-state index in [2.05, 4.69) is 0 Å². The minimum Gasteiger partial charge on any atom is -0.489 e. The molecule has 3 aromatic heterocycles. The summed E-state index contributed by atoms with van der Waals surface area (Å²) in [4.78, 5) is 22.9. The number of hydrogen-bond acceptors (Lipinski definition) is 8. The molecule has 178 valence electrons. The van der Waals surface area contributed by atoms with Crippen LogP contribution in [0.1, 0.15) is 6.92 Å². The zero-order chi connectivity index (χ0) is 24.5. The molecule has 5 rings (SSSR count). The lowest BCUT2D eigenvalue weighted by molar-refractivity contribution is 0.342. The van der Waals surface area contributed by atoms with Gasteiger partial charge < -0.3 is 24.3 Å². The highest BCUT2D eigenvalue weighted by molar-refractivity contribution is 5.80. The summed E-state index contributed by atoms with van der Waals surface area (Å²) < 4.78 is 6.20. The second-order valence-corrected chi connectivity index (χ2v) is 8.36. The molecule has 0 radical (unpaired) electrons. The topological polar surface area (TPSA) is 60.9 Å². The van der Waals surface area contributed by atoms with Crippen LogP contribution < -0.4 is 24.3 Å². The molecule has 0 fully saturated rings. The molecule has 35 heavy (non-hydrogen) atoms. The smallest absolute Gasteiger partial charge is 0.166 e. The zero-order valence-electron chi connectivity index (χ0n) is 20.7. The number of nitrogens with zero attached hydrogens (tertiary/aromatic N) is 7. The van der Waals surface area contributed by atoms with Crippen LogP contribution in [0.25, 0.3) is 0 Å². The summed E-state index contributed by atoms with van der Waals surface area (Å²) in [5, 5.41) is 0. The number of para-hydroxylation sites is 1. The Morgan fingerprint density at radius 3 is 1.17 bits per heavy atom. The van der Waals surface area contributed by atoms with Gasteiger partial charge in [0.1, 0.15) is 34.9 Å². The number of benzene rings is 1. The third-order valence-electron chi connectivity index (χ3n) is 6.21. The molecule has 0 aliphatic carbocycles. The van der Waals surface area contributed by atoms with E-state index in [1.807, 2.05) is 128 Å². The van der Waals surface area contributed by atoms with Gasteiger partial charge in [0, 0.05) is 28.2 Å².